The second-order valence-electron chi connectivity index (χ2n) is 22.5. The number of rotatable bonds is 61. The van der Waals surface area contributed by atoms with E-state index in [1.54, 1.807) is 6.08 Å². The Hall–Kier alpha value is -1.66. The average Bonchev–Trinajstić information content (AvgIpc) is 3.38. The predicted molar refractivity (Wildman–Crippen MR) is 315 cm³/mol. The lowest BCUT2D eigenvalue weighted by Crippen LogP contribution is -2.45. The van der Waals surface area contributed by atoms with E-state index in [4.69, 9.17) is 4.74 Å². The molecule has 0 bridgehead atoms. The minimum atomic E-state index is -0.843. The summed E-state index contributed by atoms with van der Waals surface area (Å²) in [4.78, 5) is 24.5. The zero-order valence-corrected chi connectivity index (χ0v) is 48.7. The van der Waals surface area contributed by atoms with Gasteiger partial charge in [0.2, 0.25) is 5.91 Å². The molecular weight excluding hydrogens is 887 g/mol. The summed E-state index contributed by atoms with van der Waals surface area (Å²) in [7, 11) is 0. The number of carbonyl (C=O) groups is 2. The lowest BCUT2D eigenvalue weighted by Gasteiger charge is -2.20. The Morgan fingerprint density at radius 3 is 0.986 bits per heavy atom. The molecule has 72 heavy (non-hydrogen) atoms. The fraction of sp³-hybridized carbons (Fsp3) is 0.909. The number of allylic oxidation sites excluding steroid dienone is 3. The Kier molecular flexibility index (Phi) is 60.5. The van der Waals surface area contributed by atoms with Crippen LogP contribution in [0.5, 0.6) is 0 Å². The van der Waals surface area contributed by atoms with Crippen molar-refractivity contribution >= 4 is 11.9 Å². The van der Waals surface area contributed by atoms with Gasteiger partial charge in [0.15, 0.2) is 0 Å². The van der Waals surface area contributed by atoms with E-state index in [1.165, 1.54) is 295 Å². The van der Waals surface area contributed by atoms with Crippen molar-refractivity contribution in [2.75, 3.05) is 13.2 Å². The molecule has 1 amide bonds. The monoisotopic (exact) mass is 1010 g/mol. The summed E-state index contributed by atoms with van der Waals surface area (Å²) in [5, 5.41) is 23.0. The summed E-state index contributed by atoms with van der Waals surface area (Å²) in [6.07, 6.45) is 76.8. The van der Waals surface area contributed by atoms with Gasteiger partial charge in [0.05, 0.1) is 25.4 Å². The fourth-order valence-corrected chi connectivity index (χ4v) is 10.2. The predicted octanol–water partition coefficient (Wildman–Crippen LogP) is 20.6. The number of esters is 1. The first-order valence-corrected chi connectivity index (χ1v) is 32.6. The van der Waals surface area contributed by atoms with Gasteiger partial charge in [-0.2, -0.15) is 0 Å². The maximum absolute atomic E-state index is 12.4. The molecule has 0 radical (unpaired) electrons. The van der Waals surface area contributed by atoms with Crippen LogP contribution < -0.4 is 5.32 Å². The lowest BCUT2D eigenvalue weighted by molar-refractivity contribution is -0.143. The number of nitrogens with one attached hydrogen (secondary N) is 1. The molecule has 3 N–H and O–H groups in total. The van der Waals surface area contributed by atoms with Gasteiger partial charge in [-0.25, -0.2) is 0 Å². The highest BCUT2D eigenvalue weighted by Gasteiger charge is 2.18. The zero-order chi connectivity index (χ0) is 52.2. The number of hydrogen-bond donors (Lipinski definition) is 3. The van der Waals surface area contributed by atoms with E-state index in [0.717, 1.165) is 38.5 Å². The highest BCUT2D eigenvalue weighted by molar-refractivity contribution is 5.76. The third kappa shape index (κ3) is 57.6. The van der Waals surface area contributed by atoms with Crippen LogP contribution in [-0.2, 0) is 14.3 Å². The van der Waals surface area contributed by atoms with E-state index >= 15 is 0 Å². The molecule has 0 fully saturated rings. The van der Waals surface area contributed by atoms with E-state index in [2.05, 4.69) is 31.3 Å². The van der Waals surface area contributed by atoms with Crippen molar-refractivity contribution < 1.29 is 24.5 Å². The fourth-order valence-electron chi connectivity index (χ4n) is 10.2. The van der Waals surface area contributed by atoms with Crippen LogP contribution in [0.1, 0.15) is 361 Å². The van der Waals surface area contributed by atoms with Crippen molar-refractivity contribution in [1.82, 2.24) is 5.32 Å². The Morgan fingerprint density at radius 2 is 0.653 bits per heavy atom. The number of aliphatic hydroxyl groups is 2. The molecule has 0 heterocycles. The summed E-state index contributed by atoms with van der Waals surface area (Å²) in [6.45, 7) is 4.91. The number of unbranched alkanes of at least 4 members (excludes halogenated alkanes) is 48. The maximum atomic E-state index is 12.4. The SMILES string of the molecule is CCCCCCCCCC/C=C/C(O)C(CO)NC(=O)CCCCCCCCCCCC/C=C\CCCCCCCCCCCCCCOC(=O)CCCCCCCCCCCCCCCCCCCCC. The topological polar surface area (TPSA) is 95.9 Å². The third-order valence-electron chi connectivity index (χ3n) is 15.2. The van der Waals surface area contributed by atoms with Crippen molar-refractivity contribution in [2.24, 2.45) is 0 Å². The molecule has 0 aromatic rings. The zero-order valence-electron chi connectivity index (χ0n) is 48.7. The van der Waals surface area contributed by atoms with Crippen LogP contribution in [0.15, 0.2) is 24.3 Å². The molecule has 2 atom stereocenters. The Labute approximate surface area is 450 Å². The summed E-state index contributed by atoms with van der Waals surface area (Å²) < 4.78 is 5.51. The van der Waals surface area contributed by atoms with Gasteiger partial charge in [-0.1, -0.05) is 314 Å². The average molecular weight is 1010 g/mol. The second-order valence-corrected chi connectivity index (χ2v) is 22.5. The van der Waals surface area contributed by atoms with E-state index in [-0.39, 0.29) is 18.5 Å². The van der Waals surface area contributed by atoms with Crippen LogP contribution >= 0.6 is 0 Å². The van der Waals surface area contributed by atoms with Crippen molar-refractivity contribution in [2.45, 2.75) is 373 Å². The van der Waals surface area contributed by atoms with Crippen molar-refractivity contribution in [3.8, 4) is 0 Å². The quantitative estimate of drug-likeness (QED) is 0.0320. The molecule has 426 valence electrons. The molecule has 0 spiro atoms. The molecule has 6 heteroatoms. The van der Waals surface area contributed by atoms with Gasteiger partial charge < -0.3 is 20.3 Å². The van der Waals surface area contributed by atoms with Gasteiger partial charge in [-0.05, 0) is 57.8 Å². The standard InChI is InChI=1S/C66H127NO5/c1-3-5-7-9-11-13-15-16-17-18-27-31-34-37-40-44-48-52-56-60-66(71)72-61-57-53-49-45-41-38-35-32-29-26-24-22-20-19-21-23-25-28-30-33-36-39-43-47-51-55-59-65(70)67-63(62-68)64(69)58-54-50-46-42-14-12-10-8-6-4-2/h19,21,54,58,63-64,68-69H,3-18,20,22-53,55-57,59-62H2,1-2H3,(H,67,70)/b21-19-,58-54+. The molecular formula is C66H127NO5. The van der Waals surface area contributed by atoms with Crippen LogP contribution in [0.25, 0.3) is 0 Å². The van der Waals surface area contributed by atoms with Gasteiger partial charge >= 0.3 is 5.97 Å². The number of ether oxygens (including phenoxy) is 1. The Bertz CT molecular complexity index is 1120. The number of carbonyl (C=O) groups excluding carboxylic acids is 2. The summed E-state index contributed by atoms with van der Waals surface area (Å²) >= 11 is 0. The van der Waals surface area contributed by atoms with Gasteiger partial charge in [-0.3, -0.25) is 9.59 Å². The van der Waals surface area contributed by atoms with Crippen LogP contribution in [0.3, 0.4) is 0 Å². The second kappa shape index (κ2) is 61.9. The third-order valence-corrected chi connectivity index (χ3v) is 15.2. The molecule has 0 aliphatic heterocycles. The van der Waals surface area contributed by atoms with E-state index < -0.39 is 12.1 Å². The number of amides is 1. The van der Waals surface area contributed by atoms with Crippen LogP contribution in [0, 0.1) is 0 Å². The van der Waals surface area contributed by atoms with Gasteiger partial charge in [0.25, 0.3) is 0 Å². The maximum Gasteiger partial charge on any atom is 0.305 e. The molecule has 0 saturated carbocycles. The Morgan fingerprint density at radius 1 is 0.375 bits per heavy atom. The smallest absolute Gasteiger partial charge is 0.305 e. The van der Waals surface area contributed by atoms with E-state index in [0.29, 0.717) is 19.4 Å². The first kappa shape index (κ1) is 70.3. The number of hydrogen-bond acceptors (Lipinski definition) is 5. The molecule has 0 aromatic heterocycles. The molecule has 0 rings (SSSR count). The van der Waals surface area contributed by atoms with Crippen molar-refractivity contribution in [3.05, 3.63) is 24.3 Å². The molecule has 0 aliphatic rings. The van der Waals surface area contributed by atoms with Crippen molar-refractivity contribution in [3.63, 3.8) is 0 Å². The minimum Gasteiger partial charge on any atom is -0.466 e. The van der Waals surface area contributed by atoms with Crippen LogP contribution in [-0.4, -0.2) is 47.4 Å². The normalized spacial score (nSPS) is 12.7. The largest absolute Gasteiger partial charge is 0.466 e. The Balaban J connectivity index is 3.35. The molecule has 2 unspecified atom stereocenters. The van der Waals surface area contributed by atoms with Crippen molar-refractivity contribution in [1.29, 1.82) is 0 Å². The highest BCUT2D eigenvalue weighted by Crippen LogP contribution is 2.18. The molecule has 0 aliphatic carbocycles. The molecule has 0 saturated heterocycles. The van der Waals surface area contributed by atoms with Gasteiger partial charge in [-0.15, -0.1) is 0 Å². The molecule has 6 nitrogen and oxygen atoms in total. The van der Waals surface area contributed by atoms with Gasteiger partial charge in [0, 0.05) is 12.8 Å². The van der Waals surface area contributed by atoms with Crippen LogP contribution in [0.2, 0.25) is 0 Å². The van der Waals surface area contributed by atoms with E-state index in [1.807, 2.05) is 6.08 Å². The lowest BCUT2D eigenvalue weighted by atomic mass is 10.0. The summed E-state index contributed by atoms with van der Waals surface area (Å²) in [5.74, 6) is -0.0517. The number of aliphatic hydroxyl groups excluding tert-OH is 2. The first-order chi connectivity index (χ1) is 35.5. The minimum absolute atomic E-state index is 0.0190. The van der Waals surface area contributed by atoms with Crippen LogP contribution in [0.4, 0.5) is 0 Å². The summed E-state index contributed by atoms with van der Waals surface area (Å²) in [5.41, 5.74) is 0. The van der Waals surface area contributed by atoms with E-state index in [9.17, 15) is 19.8 Å². The molecule has 0 aromatic carbocycles. The van der Waals surface area contributed by atoms with Gasteiger partial charge in [0.1, 0.15) is 0 Å². The first-order valence-electron chi connectivity index (χ1n) is 32.6. The summed E-state index contributed by atoms with van der Waals surface area (Å²) in [6, 6.07) is -0.627. The highest BCUT2D eigenvalue weighted by atomic mass is 16.5.